The summed E-state index contributed by atoms with van der Waals surface area (Å²) in [5, 5.41) is 11.1. The van der Waals surface area contributed by atoms with Gasteiger partial charge in [0.15, 0.2) is 5.82 Å². The zero-order valence-corrected chi connectivity index (χ0v) is 16.0. The Morgan fingerprint density at radius 3 is 2.52 bits per heavy atom. The Labute approximate surface area is 166 Å². The van der Waals surface area contributed by atoms with E-state index in [1.165, 1.54) is 4.57 Å². The van der Waals surface area contributed by atoms with Crippen molar-refractivity contribution < 1.29 is 9.32 Å². The van der Waals surface area contributed by atoms with E-state index in [1.54, 1.807) is 22.9 Å². The summed E-state index contributed by atoms with van der Waals surface area (Å²) in [5.41, 5.74) is 3.40. The van der Waals surface area contributed by atoms with Gasteiger partial charge in [-0.25, -0.2) is 14.0 Å². The van der Waals surface area contributed by atoms with E-state index in [4.69, 9.17) is 4.52 Å². The van der Waals surface area contributed by atoms with E-state index in [1.807, 2.05) is 56.3 Å². The van der Waals surface area contributed by atoms with Gasteiger partial charge in [0, 0.05) is 11.6 Å². The van der Waals surface area contributed by atoms with Crippen molar-refractivity contribution in [3.63, 3.8) is 0 Å². The number of aryl methyl sites for hydroxylation is 2. The lowest BCUT2D eigenvalue weighted by atomic mass is 10.2. The smallest absolute Gasteiger partial charge is 0.309 e. The number of aromatic nitrogens is 4. The summed E-state index contributed by atoms with van der Waals surface area (Å²) in [6.07, 6.45) is 0. The molecule has 0 atom stereocenters. The SMILES string of the molecule is Cc1ccc(-n2nc(C)cc2NC(=O)Cn2c(-c3ccccc3)noc2=O)cc1. The number of hydrogen-bond acceptors (Lipinski definition) is 5. The minimum atomic E-state index is -0.692. The molecule has 1 amide bonds. The molecule has 8 heteroatoms. The predicted octanol–water partition coefficient (Wildman–Crippen LogP) is 2.94. The highest BCUT2D eigenvalue weighted by atomic mass is 16.5. The minimum absolute atomic E-state index is 0.231. The summed E-state index contributed by atoms with van der Waals surface area (Å²) in [4.78, 5) is 24.7. The molecule has 146 valence electrons. The average molecular weight is 389 g/mol. The highest BCUT2D eigenvalue weighted by Crippen LogP contribution is 2.19. The maximum absolute atomic E-state index is 12.7. The molecule has 4 rings (SSSR count). The number of nitrogens with one attached hydrogen (secondary N) is 1. The van der Waals surface area contributed by atoms with Crippen LogP contribution >= 0.6 is 0 Å². The number of benzene rings is 2. The highest BCUT2D eigenvalue weighted by Gasteiger charge is 2.17. The molecule has 0 bridgehead atoms. The fourth-order valence-corrected chi connectivity index (χ4v) is 3.00. The molecule has 0 saturated heterocycles. The van der Waals surface area contributed by atoms with Gasteiger partial charge in [-0.2, -0.15) is 5.10 Å². The van der Waals surface area contributed by atoms with Crippen molar-refractivity contribution in [1.29, 1.82) is 0 Å². The summed E-state index contributed by atoms with van der Waals surface area (Å²) in [6, 6.07) is 18.7. The van der Waals surface area contributed by atoms with Gasteiger partial charge in [-0.05, 0) is 26.0 Å². The van der Waals surface area contributed by atoms with Crippen molar-refractivity contribution in [2.75, 3.05) is 5.32 Å². The Bertz CT molecular complexity index is 1200. The van der Waals surface area contributed by atoms with Crippen molar-refractivity contribution in [1.82, 2.24) is 19.5 Å². The molecule has 0 aliphatic carbocycles. The zero-order chi connectivity index (χ0) is 20.4. The van der Waals surface area contributed by atoms with E-state index in [-0.39, 0.29) is 12.5 Å². The lowest BCUT2D eigenvalue weighted by Gasteiger charge is -2.10. The molecular formula is C21H19N5O3. The van der Waals surface area contributed by atoms with Gasteiger partial charge in [-0.3, -0.25) is 9.32 Å². The van der Waals surface area contributed by atoms with Crippen molar-refractivity contribution in [2.24, 2.45) is 0 Å². The van der Waals surface area contributed by atoms with Crippen LogP contribution in [0.1, 0.15) is 11.3 Å². The Balaban J connectivity index is 1.59. The second-order valence-corrected chi connectivity index (χ2v) is 6.69. The molecule has 4 aromatic rings. The van der Waals surface area contributed by atoms with Crippen LogP contribution < -0.4 is 11.1 Å². The van der Waals surface area contributed by atoms with Gasteiger partial charge < -0.3 is 5.32 Å². The first-order chi connectivity index (χ1) is 14.0. The van der Waals surface area contributed by atoms with Gasteiger partial charge in [-0.1, -0.05) is 53.2 Å². The second kappa shape index (κ2) is 7.59. The van der Waals surface area contributed by atoms with E-state index in [0.717, 1.165) is 16.9 Å². The standard InChI is InChI=1S/C21H19N5O3/c1-14-8-10-17(11-9-14)26-18(12-15(2)23-26)22-19(27)13-25-20(24-29-21(25)28)16-6-4-3-5-7-16/h3-12H,13H2,1-2H3,(H,22,27). The lowest BCUT2D eigenvalue weighted by Crippen LogP contribution is -2.26. The Morgan fingerprint density at radius 1 is 1.07 bits per heavy atom. The molecule has 2 aromatic carbocycles. The maximum Gasteiger partial charge on any atom is 0.442 e. The first-order valence-corrected chi connectivity index (χ1v) is 9.07. The molecule has 0 aliphatic rings. The van der Waals surface area contributed by atoms with Crippen LogP contribution in [-0.2, 0) is 11.3 Å². The molecule has 29 heavy (non-hydrogen) atoms. The second-order valence-electron chi connectivity index (χ2n) is 6.69. The first-order valence-electron chi connectivity index (χ1n) is 9.07. The first kappa shape index (κ1) is 18.4. The fraction of sp³-hybridized carbons (Fsp3) is 0.143. The van der Waals surface area contributed by atoms with E-state index in [0.29, 0.717) is 17.2 Å². The summed E-state index contributed by atoms with van der Waals surface area (Å²) < 4.78 is 7.62. The number of amides is 1. The van der Waals surface area contributed by atoms with E-state index in [9.17, 15) is 9.59 Å². The van der Waals surface area contributed by atoms with Crippen LogP contribution in [0.25, 0.3) is 17.1 Å². The quantitative estimate of drug-likeness (QED) is 0.566. The van der Waals surface area contributed by atoms with Crippen LogP contribution in [0.5, 0.6) is 0 Å². The number of hydrogen-bond donors (Lipinski definition) is 1. The summed E-state index contributed by atoms with van der Waals surface area (Å²) >= 11 is 0. The third kappa shape index (κ3) is 3.86. The molecular weight excluding hydrogens is 370 g/mol. The van der Waals surface area contributed by atoms with Gasteiger partial charge in [0.05, 0.1) is 11.4 Å². The minimum Gasteiger partial charge on any atom is -0.309 e. The van der Waals surface area contributed by atoms with E-state index in [2.05, 4.69) is 15.6 Å². The molecule has 2 heterocycles. The Hall–Kier alpha value is -3.94. The highest BCUT2D eigenvalue weighted by molar-refractivity contribution is 5.90. The monoisotopic (exact) mass is 389 g/mol. The van der Waals surface area contributed by atoms with Crippen molar-refractivity contribution in [2.45, 2.75) is 20.4 Å². The van der Waals surface area contributed by atoms with Crippen molar-refractivity contribution in [3.05, 3.63) is 82.5 Å². The van der Waals surface area contributed by atoms with Crippen LogP contribution in [-0.4, -0.2) is 25.4 Å². The largest absolute Gasteiger partial charge is 0.442 e. The van der Waals surface area contributed by atoms with Crippen molar-refractivity contribution >= 4 is 11.7 Å². The Morgan fingerprint density at radius 2 is 1.79 bits per heavy atom. The predicted molar refractivity (Wildman–Crippen MR) is 108 cm³/mol. The third-order valence-electron chi connectivity index (χ3n) is 4.40. The van der Waals surface area contributed by atoms with Gasteiger partial charge >= 0.3 is 5.76 Å². The average Bonchev–Trinajstić information content (AvgIpc) is 3.25. The van der Waals surface area contributed by atoms with E-state index >= 15 is 0 Å². The van der Waals surface area contributed by atoms with Crippen LogP contribution in [0.2, 0.25) is 0 Å². The molecule has 0 fully saturated rings. The zero-order valence-electron chi connectivity index (χ0n) is 16.0. The van der Waals surface area contributed by atoms with Crippen LogP contribution in [0.4, 0.5) is 5.82 Å². The van der Waals surface area contributed by atoms with Crippen LogP contribution in [0, 0.1) is 13.8 Å². The fourth-order valence-electron chi connectivity index (χ4n) is 3.00. The molecule has 8 nitrogen and oxygen atoms in total. The van der Waals surface area contributed by atoms with E-state index < -0.39 is 5.76 Å². The number of carbonyl (C=O) groups is 1. The van der Waals surface area contributed by atoms with Crippen LogP contribution in [0.3, 0.4) is 0 Å². The van der Waals surface area contributed by atoms with Gasteiger partial charge in [0.25, 0.3) is 0 Å². The molecule has 0 radical (unpaired) electrons. The maximum atomic E-state index is 12.7. The number of anilines is 1. The van der Waals surface area contributed by atoms with Gasteiger partial charge in [0.1, 0.15) is 12.4 Å². The molecule has 0 saturated carbocycles. The number of rotatable bonds is 5. The lowest BCUT2D eigenvalue weighted by molar-refractivity contribution is -0.116. The summed E-state index contributed by atoms with van der Waals surface area (Å²) in [5.74, 6) is -0.265. The number of nitrogens with zero attached hydrogens (tertiary/aromatic N) is 4. The Kier molecular flexibility index (Phi) is 4.82. The molecule has 0 unspecified atom stereocenters. The molecule has 0 spiro atoms. The number of carbonyl (C=O) groups excluding carboxylic acids is 1. The van der Waals surface area contributed by atoms with Crippen LogP contribution in [0.15, 0.2) is 70.0 Å². The van der Waals surface area contributed by atoms with Crippen molar-refractivity contribution in [3.8, 4) is 17.1 Å². The summed E-state index contributed by atoms with van der Waals surface area (Å²) in [6.45, 7) is 3.62. The third-order valence-corrected chi connectivity index (χ3v) is 4.40. The molecule has 0 aliphatic heterocycles. The van der Waals surface area contributed by atoms with Gasteiger partial charge in [0.2, 0.25) is 5.91 Å². The normalized spacial score (nSPS) is 10.8. The van der Waals surface area contributed by atoms with Gasteiger partial charge in [-0.15, -0.1) is 0 Å². The summed E-state index contributed by atoms with van der Waals surface area (Å²) in [7, 11) is 0. The molecule has 2 aromatic heterocycles. The topological polar surface area (TPSA) is 95.0 Å². The molecule has 1 N–H and O–H groups in total.